The van der Waals surface area contributed by atoms with Gasteiger partial charge in [-0.3, -0.25) is 0 Å². The van der Waals surface area contributed by atoms with Gasteiger partial charge in [0.2, 0.25) is 5.39 Å². The van der Waals surface area contributed by atoms with Crippen LogP contribution in [0.3, 0.4) is 0 Å². The van der Waals surface area contributed by atoms with Crippen LogP contribution in [0.5, 0.6) is 0 Å². The normalized spacial score (nSPS) is 12.3. The lowest BCUT2D eigenvalue weighted by Gasteiger charge is -2.08. The van der Waals surface area contributed by atoms with Crippen LogP contribution in [0, 0.1) is 10.6 Å². The van der Waals surface area contributed by atoms with E-state index in [1.165, 1.54) is 0 Å². The second-order valence-corrected chi connectivity index (χ2v) is 5.19. The highest BCUT2D eigenvalue weighted by Gasteiger charge is 2.25. The molecule has 1 aromatic carbocycles. The SMILES string of the molecule is CC(C)(C)N=[N+]([O-])c1ccc(Br)cc1[N+]#N. The fourth-order valence-electron chi connectivity index (χ4n) is 1.06. The Bertz CT molecular complexity index is 471. The molecule has 0 aliphatic heterocycles. The molecular weight excluding hydrogens is 272 g/mol. The minimum atomic E-state index is -0.485. The molecule has 0 heterocycles. The number of halogens is 1. The second-order valence-electron chi connectivity index (χ2n) is 4.28. The topological polar surface area (TPSA) is 66.6 Å². The Labute approximate surface area is 102 Å². The Hall–Kier alpha value is -1.48. The minimum Gasteiger partial charge on any atom is -0.594 e. The van der Waals surface area contributed by atoms with Gasteiger partial charge in [0.1, 0.15) is 5.54 Å². The van der Waals surface area contributed by atoms with Crippen LogP contribution in [0.4, 0.5) is 11.4 Å². The molecule has 0 aliphatic rings. The van der Waals surface area contributed by atoms with E-state index in [2.05, 4.69) is 26.0 Å². The first kappa shape index (κ1) is 12.6. The molecule has 0 aromatic heterocycles. The van der Waals surface area contributed by atoms with Crippen LogP contribution in [-0.4, -0.2) is 10.4 Å². The maximum Gasteiger partial charge on any atom is 0.460 e. The summed E-state index contributed by atoms with van der Waals surface area (Å²) in [4.78, 5) is 3.52. The Morgan fingerprint density at radius 2 is 2.06 bits per heavy atom. The first-order valence-electron chi connectivity index (χ1n) is 4.68. The zero-order valence-electron chi connectivity index (χ0n) is 9.31. The third kappa shape index (κ3) is 3.28. The summed E-state index contributed by atoms with van der Waals surface area (Å²) in [7, 11) is 0. The highest BCUT2D eigenvalue weighted by Crippen LogP contribution is 2.31. The molecule has 0 aliphatic carbocycles. The van der Waals surface area contributed by atoms with Crippen molar-refractivity contribution in [3.8, 4) is 0 Å². The molecule has 0 saturated carbocycles. The molecule has 0 radical (unpaired) electrons. The summed E-state index contributed by atoms with van der Waals surface area (Å²) in [6, 6.07) is 4.77. The number of diazo groups is 1. The average Bonchev–Trinajstić information content (AvgIpc) is 2.14. The predicted octanol–water partition coefficient (Wildman–Crippen LogP) is 4.33. The molecular formula is C10H12BrN4O+. The second kappa shape index (κ2) is 4.58. The number of rotatable bonds is 1. The predicted molar refractivity (Wildman–Crippen MR) is 64.4 cm³/mol. The van der Waals surface area contributed by atoms with Crippen LogP contribution < -0.4 is 0 Å². The summed E-state index contributed by atoms with van der Waals surface area (Å²) in [6.45, 7) is 5.44. The summed E-state index contributed by atoms with van der Waals surface area (Å²) in [6.07, 6.45) is 0. The standard InChI is InChI=1S/C10H12BrN4O/c1-10(2,3)14-15(16)9-5-4-7(11)6-8(9)13-12/h4-6H,1-3H3/q+1. The largest absolute Gasteiger partial charge is 0.594 e. The fourth-order valence-corrected chi connectivity index (χ4v) is 1.41. The third-order valence-electron chi connectivity index (χ3n) is 1.64. The van der Waals surface area contributed by atoms with Gasteiger partial charge in [0, 0.05) is 10.5 Å². The van der Waals surface area contributed by atoms with Crippen LogP contribution in [0.1, 0.15) is 20.8 Å². The van der Waals surface area contributed by atoms with E-state index in [-0.39, 0.29) is 11.4 Å². The lowest BCUT2D eigenvalue weighted by molar-refractivity contribution is -0.448. The van der Waals surface area contributed by atoms with Crippen LogP contribution in [-0.2, 0) is 0 Å². The van der Waals surface area contributed by atoms with Gasteiger partial charge < -0.3 is 5.21 Å². The minimum absolute atomic E-state index is 0.178. The Balaban J connectivity index is 3.25. The van der Waals surface area contributed by atoms with E-state index >= 15 is 0 Å². The molecule has 0 bridgehead atoms. The third-order valence-corrected chi connectivity index (χ3v) is 2.14. The molecule has 0 saturated heterocycles. The van der Waals surface area contributed by atoms with E-state index in [4.69, 9.17) is 5.39 Å². The average molecular weight is 284 g/mol. The number of hydrogen-bond acceptors (Lipinski definition) is 3. The molecule has 5 nitrogen and oxygen atoms in total. The van der Waals surface area contributed by atoms with Gasteiger partial charge in [0.15, 0.2) is 4.98 Å². The van der Waals surface area contributed by atoms with Crippen LogP contribution >= 0.6 is 15.9 Å². The zero-order chi connectivity index (χ0) is 12.3. The molecule has 84 valence electrons. The van der Waals surface area contributed by atoms with Crippen molar-refractivity contribution in [3.05, 3.63) is 32.9 Å². The highest BCUT2D eigenvalue weighted by molar-refractivity contribution is 9.10. The van der Waals surface area contributed by atoms with Crippen molar-refractivity contribution < 1.29 is 4.86 Å². The van der Waals surface area contributed by atoms with Gasteiger partial charge in [0.25, 0.3) is 0 Å². The van der Waals surface area contributed by atoms with E-state index in [9.17, 15) is 5.21 Å². The van der Waals surface area contributed by atoms with Crippen molar-refractivity contribution in [1.29, 1.82) is 5.39 Å². The zero-order valence-corrected chi connectivity index (χ0v) is 10.9. The van der Waals surface area contributed by atoms with E-state index in [0.29, 0.717) is 4.86 Å². The van der Waals surface area contributed by atoms with Crippen molar-refractivity contribution in [2.75, 3.05) is 0 Å². The van der Waals surface area contributed by atoms with Crippen molar-refractivity contribution in [2.24, 2.45) is 5.11 Å². The van der Waals surface area contributed by atoms with Gasteiger partial charge >= 0.3 is 11.4 Å². The van der Waals surface area contributed by atoms with E-state index in [1.54, 1.807) is 18.2 Å². The first-order chi connectivity index (χ1) is 7.33. The monoisotopic (exact) mass is 283 g/mol. The van der Waals surface area contributed by atoms with Crippen molar-refractivity contribution in [1.82, 2.24) is 0 Å². The molecule has 16 heavy (non-hydrogen) atoms. The Kier molecular flexibility index (Phi) is 3.60. The maximum atomic E-state index is 11.7. The number of azo groups is 1. The summed E-state index contributed by atoms with van der Waals surface area (Å²) in [5.74, 6) is 0. The van der Waals surface area contributed by atoms with Crippen molar-refractivity contribution in [2.45, 2.75) is 26.3 Å². The molecule has 0 amide bonds. The summed E-state index contributed by atoms with van der Waals surface area (Å²) in [5, 5.41) is 24.4. The fraction of sp³-hybridized carbons (Fsp3) is 0.400. The van der Waals surface area contributed by atoms with Crippen LogP contribution in [0.15, 0.2) is 27.8 Å². The Morgan fingerprint density at radius 1 is 1.44 bits per heavy atom. The molecule has 0 unspecified atom stereocenters. The van der Waals surface area contributed by atoms with E-state index < -0.39 is 5.54 Å². The van der Waals surface area contributed by atoms with Gasteiger partial charge in [-0.25, -0.2) is 0 Å². The smallest absolute Gasteiger partial charge is 0.460 e. The maximum absolute atomic E-state index is 11.7. The number of benzene rings is 1. The quantitative estimate of drug-likeness (QED) is 0.333. The van der Waals surface area contributed by atoms with Gasteiger partial charge in [0.05, 0.1) is 6.07 Å². The van der Waals surface area contributed by atoms with Gasteiger partial charge in [-0.05, 0) is 36.8 Å². The molecule has 1 aromatic rings. The van der Waals surface area contributed by atoms with E-state index in [1.807, 2.05) is 20.8 Å². The Morgan fingerprint density at radius 3 is 2.56 bits per heavy atom. The van der Waals surface area contributed by atoms with E-state index in [0.717, 1.165) is 4.47 Å². The van der Waals surface area contributed by atoms with Gasteiger partial charge in [-0.2, -0.15) is 0 Å². The lowest BCUT2D eigenvalue weighted by Crippen LogP contribution is -2.12. The van der Waals surface area contributed by atoms with Crippen LogP contribution in [0.2, 0.25) is 0 Å². The van der Waals surface area contributed by atoms with Gasteiger partial charge in [-0.15, -0.1) is 0 Å². The molecule has 6 heteroatoms. The number of hydrogen-bond donors (Lipinski definition) is 0. The number of nitrogens with zero attached hydrogens (tertiary/aromatic N) is 4. The van der Waals surface area contributed by atoms with Crippen molar-refractivity contribution >= 4 is 27.3 Å². The summed E-state index contributed by atoms with van der Waals surface area (Å²) >= 11 is 3.23. The van der Waals surface area contributed by atoms with Crippen molar-refractivity contribution in [3.63, 3.8) is 0 Å². The van der Waals surface area contributed by atoms with Gasteiger partial charge in [-0.1, -0.05) is 15.9 Å². The summed E-state index contributed by atoms with van der Waals surface area (Å²) < 4.78 is 0.730. The molecule has 1 rings (SSSR count). The molecule has 0 fully saturated rings. The molecule has 0 N–H and O–H groups in total. The highest BCUT2D eigenvalue weighted by atomic mass is 79.9. The first-order valence-corrected chi connectivity index (χ1v) is 5.47. The molecule has 0 atom stereocenters. The lowest BCUT2D eigenvalue weighted by atomic mass is 10.1. The molecule has 0 spiro atoms. The summed E-state index contributed by atoms with van der Waals surface area (Å²) in [5.41, 5.74) is -0.0975. The van der Waals surface area contributed by atoms with Crippen LogP contribution in [0.25, 0.3) is 4.98 Å².